The van der Waals surface area contributed by atoms with E-state index in [-0.39, 0.29) is 44.7 Å². The Bertz CT molecular complexity index is 1340. The van der Waals surface area contributed by atoms with Gasteiger partial charge >= 0.3 is 12.1 Å². The monoisotopic (exact) mass is 526 g/mol. The first-order valence-corrected chi connectivity index (χ1v) is 11.6. The van der Waals surface area contributed by atoms with Gasteiger partial charge in [0.15, 0.2) is 5.13 Å². The van der Waals surface area contributed by atoms with Gasteiger partial charge in [-0.15, -0.1) is 11.3 Å². The molecule has 1 saturated heterocycles. The van der Waals surface area contributed by atoms with Crippen molar-refractivity contribution >= 4 is 45.8 Å². The van der Waals surface area contributed by atoms with E-state index in [0.29, 0.717) is 25.0 Å². The number of pyridine rings is 1. The van der Waals surface area contributed by atoms with Gasteiger partial charge in [0, 0.05) is 30.2 Å². The number of aliphatic carboxylic acids is 1. The zero-order chi connectivity index (χ0) is 25.1. The molecular formula is C22H15ClF4N4O3S. The van der Waals surface area contributed by atoms with Crippen LogP contribution >= 0.6 is 22.9 Å². The Morgan fingerprint density at radius 3 is 2.57 bits per heavy atom. The fraction of sp³-hybridized carbons (Fsp3) is 0.273. The van der Waals surface area contributed by atoms with Crippen LogP contribution in [-0.4, -0.2) is 40.0 Å². The predicted molar refractivity (Wildman–Crippen MR) is 120 cm³/mol. The van der Waals surface area contributed by atoms with Crippen LogP contribution in [0.25, 0.3) is 11.3 Å². The molecule has 1 aliphatic carbocycles. The van der Waals surface area contributed by atoms with Crippen molar-refractivity contribution in [1.29, 1.82) is 0 Å². The lowest BCUT2D eigenvalue weighted by Crippen LogP contribution is -2.27. The van der Waals surface area contributed by atoms with E-state index in [1.807, 2.05) is 4.90 Å². The number of anilines is 2. The van der Waals surface area contributed by atoms with Crippen LogP contribution in [0.15, 0.2) is 35.8 Å². The topological polar surface area (TPSA) is 95.4 Å². The average Bonchev–Trinajstić information content (AvgIpc) is 3.09. The van der Waals surface area contributed by atoms with Crippen LogP contribution < -0.4 is 10.2 Å². The number of piperidine rings is 1. The molecule has 1 aromatic carbocycles. The number of carbonyl (C=O) groups is 2. The van der Waals surface area contributed by atoms with E-state index in [1.165, 1.54) is 23.7 Å². The summed E-state index contributed by atoms with van der Waals surface area (Å²) in [5.74, 6) is -2.59. The molecule has 0 bridgehead atoms. The number of benzene rings is 1. The Hall–Kier alpha value is -3.25. The Balaban J connectivity index is 1.28. The molecule has 13 heteroatoms. The SMILES string of the molecule is O=C(Nc1nc(-c2cccc(C(F)(F)F)c2F)cs1)c1cnc(N2C[C@@H]3[C@H](C2)[C@H]3C(=O)O)c(Cl)c1. The molecule has 2 N–H and O–H groups in total. The van der Waals surface area contributed by atoms with E-state index in [0.717, 1.165) is 17.4 Å². The van der Waals surface area contributed by atoms with Crippen LogP contribution in [0.5, 0.6) is 0 Å². The minimum absolute atomic E-state index is 0.0485. The van der Waals surface area contributed by atoms with Crippen LogP contribution in [0, 0.1) is 23.6 Å². The lowest BCUT2D eigenvalue weighted by Gasteiger charge is -2.21. The summed E-state index contributed by atoms with van der Waals surface area (Å²) in [4.78, 5) is 33.9. The van der Waals surface area contributed by atoms with Gasteiger partial charge in [0.05, 0.1) is 27.8 Å². The molecule has 1 saturated carbocycles. The van der Waals surface area contributed by atoms with Gasteiger partial charge in [-0.1, -0.05) is 17.7 Å². The molecule has 2 aromatic heterocycles. The molecule has 182 valence electrons. The van der Waals surface area contributed by atoms with Crippen molar-refractivity contribution in [1.82, 2.24) is 9.97 Å². The van der Waals surface area contributed by atoms with Crippen LogP contribution in [0.4, 0.5) is 28.5 Å². The van der Waals surface area contributed by atoms with Gasteiger partial charge < -0.3 is 10.0 Å². The van der Waals surface area contributed by atoms with Gasteiger partial charge in [0.25, 0.3) is 5.91 Å². The number of nitrogens with zero attached hydrogens (tertiary/aromatic N) is 3. The number of hydrogen-bond acceptors (Lipinski definition) is 6. The second-order valence-electron chi connectivity index (χ2n) is 8.28. The summed E-state index contributed by atoms with van der Waals surface area (Å²) in [6, 6.07) is 4.32. The Kier molecular flexibility index (Phi) is 5.67. The highest BCUT2D eigenvalue weighted by Crippen LogP contribution is 2.53. The third-order valence-corrected chi connectivity index (χ3v) is 7.20. The second kappa shape index (κ2) is 8.45. The fourth-order valence-corrected chi connectivity index (χ4v) is 5.42. The van der Waals surface area contributed by atoms with Crippen molar-refractivity contribution in [3.05, 3.63) is 57.8 Å². The molecule has 0 spiro atoms. The number of rotatable bonds is 5. The van der Waals surface area contributed by atoms with E-state index in [1.54, 1.807) is 0 Å². The lowest BCUT2D eigenvalue weighted by atomic mass is 10.1. The number of aromatic nitrogens is 2. The molecule has 7 nitrogen and oxygen atoms in total. The summed E-state index contributed by atoms with van der Waals surface area (Å²) in [6.07, 6.45) is -3.53. The van der Waals surface area contributed by atoms with Gasteiger partial charge in [-0.3, -0.25) is 14.9 Å². The summed E-state index contributed by atoms with van der Waals surface area (Å²) >= 11 is 7.25. The van der Waals surface area contributed by atoms with E-state index in [4.69, 9.17) is 16.7 Å². The van der Waals surface area contributed by atoms with Crippen LogP contribution in [0.2, 0.25) is 5.02 Å². The molecule has 0 unspecified atom stereocenters. The van der Waals surface area contributed by atoms with Crippen LogP contribution in [0.3, 0.4) is 0 Å². The van der Waals surface area contributed by atoms with Crippen molar-refractivity contribution in [3.63, 3.8) is 0 Å². The van der Waals surface area contributed by atoms with E-state index >= 15 is 0 Å². The van der Waals surface area contributed by atoms with Gasteiger partial charge in [-0.25, -0.2) is 14.4 Å². The quantitative estimate of drug-likeness (QED) is 0.453. The van der Waals surface area contributed by atoms with E-state index in [9.17, 15) is 27.2 Å². The van der Waals surface area contributed by atoms with Crippen molar-refractivity contribution in [2.24, 2.45) is 17.8 Å². The number of nitrogens with one attached hydrogen (secondary N) is 1. The fourth-order valence-electron chi connectivity index (χ4n) is 4.43. The first-order chi connectivity index (χ1) is 16.5. The third kappa shape index (κ3) is 4.31. The molecule has 1 aliphatic heterocycles. The van der Waals surface area contributed by atoms with Gasteiger partial charge in [-0.2, -0.15) is 13.2 Å². The first kappa shape index (κ1) is 23.5. The number of amides is 1. The molecule has 2 aliphatic rings. The van der Waals surface area contributed by atoms with Crippen molar-refractivity contribution < 1.29 is 32.3 Å². The summed E-state index contributed by atoms with van der Waals surface area (Å²) in [5.41, 5.74) is -1.66. The molecule has 3 atom stereocenters. The molecule has 3 aromatic rings. The number of carbonyl (C=O) groups excluding carboxylic acids is 1. The molecule has 0 radical (unpaired) electrons. The van der Waals surface area contributed by atoms with E-state index < -0.39 is 29.4 Å². The molecule has 3 heterocycles. The van der Waals surface area contributed by atoms with Gasteiger partial charge in [-0.05, 0) is 30.0 Å². The highest BCUT2D eigenvalue weighted by Gasteiger charge is 2.60. The number of fused-ring (bicyclic) bond motifs is 1. The van der Waals surface area contributed by atoms with Crippen LogP contribution in [0.1, 0.15) is 15.9 Å². The van der Waals surface area contributed by atoms with Crippen molar-refractivity contribution in [3.8, 4) is 11.3 Å². The largest absolute Gasteiger partial charge is 0.481 e. The number of hydrogen-bond donors (Lipinski definition) is 2. The zero-order valence-corrected chi connectivity index (χ0v) is 19.1. The molecular weight excluding hydrogens is 512 g/mol. The maximum absolute atomic E-state index is 14.4. The maximum Gasteiger partial charge on any atom is 0.419 e. The number of alkyl halides is 3. The second-order valence-corrected chi connectivity index (χ2v) is 9.55. The Morgan fingerprint density at radius 2 is 1.94 bits per heavy atom. The average molecular weight is 527 g/mol. The summed E-state index contributed by atoms with van der Waals surface area (Å²) < 4.78 is 53.3. The van der Waals surface area contributed by atoms with Crippen molar-refractivity contribution in [2.45, 2.75) is 6.18 Å². The normalized spacial score (nSPS) is 21.1. The lowest BCUT2D eigenvalue weighted by molar-refractivity contribution is -0.140. The number of halogens is 5. The summed E-state index contributed by atoms with van der Waals surface area (Å²) in [6.45, 7) is 1.04. The molecule has 2 fully saturated rings. The van der Waals surface area contributed by atoms with Gasteiger partial charge in [0.2, 0.25) is 0 Å². The van der Waals surface area contributed by atoms with E-state index in [2.05, 4.69) is 15.3 Å². The van der Waals surface area contributed by atoms with Gasteiger partial charge in [0.1, 0.15) is 11.6 Å². The summed E-state index contributed by atoms with van der Waals surface area (Å²) in [5, 5.41) is 13.3. The van der Waals surface area contributed by atoms with Crippen molar-refractivity contribution in [2.75, 3.05) is 23.3 Å². The standard InChI is InChI=1S/C22H15ClF4N4O3S/c23-14-4-9(5-28-18(14)31-6-11-12(7-31)16(11)20(33)34)19(32)30-21-29-15(8-35-21)10-2-1-3-13(17(10)24)22(25,26)27/h1-5,8,11-12,16H,6-7H2,(H,33,34)(H,29,30,32)/t11-,12+,16+. The number of carboxylic acids is 1. The minimum Gasteiger partial charge on any atom is -0.481 e. The Labute approximate surface area is 204 Å². The number of thiazole rings is 1. The maximum atomic E-state index is 14.4. The Morgan fingerprint density at radius 1 is 1.23 bits per heavy atom. The van der Waals surface area contributed by atoms with Crippen LogP contribution in [-0.2, 0) is 11.0 Å². The molecule has 1 amide bonds. The highest BCUT2D eigenvalue weighted by molar-refractivity contribution is 7.14. The highest BCUT2D eigenvalue weighted by atomic mass is 35.5. The smallest absolute Gasteiger partial charge is 0.419 e. The summed E-state index contributed by atoms with van der Waals surface area (Å²) in [7, 11) is 0. The zero-order valence-electron chi connectivity index (χ0n) is 17.5. The molecule has 5 rings (SSSR count). The predicted octanol–water partition coefficient (Wildman–Crippen LogP) is 5.04. The first-order valence-electron chi connectivity index (χ1n) is 10.3. The minimum atomic E-state index is -4.85. The number of carboxylic acid groups (broad SMARTS) is 1. The molecule has 35 heavy (non-hydrogen) atoms. The third-order valence-electron chi connectivity index (χ3n) is 6.17.